The second-order valence-corrected chi connectivity index (χ2v) is 10.7. The maximum atomic E-state index is 13.0. The Balaban J connectivity index is 1.47. The second kappa shape index (κ2) is 11.5. The summed E-state index contributed by atoms with van der Waals surface area (Å²) in [6.07, 6.45) is 12.9. The summed E-state index contributed by atoms with van der Waals surface area (Å²) in [7, 11) is 8.25. The van der Waals surface area contributed by atoms with Crippen LogP contribution < -0.4 is 0 Å². The molecular weight excluding hydrogens is 487 g/mol. The van der Waals surface area contributed by atoms with Gasteiger partial charge in [0.1, 0.15) is 5.78 Å². The smallest absolute Gasteiger partial charge is 0.133 e. The lowest BCUT2D eigenvalue weighted by Crippen LogP contribution is -2.11. The first-order valence-corrected chi connectivity index (χ1v) is 13.2. The minimum atomic E-state index is 0.254. The Hall–Kier alpha value is -2.75. The fourth-order valence-corrected chi connectivity index (χ4v) is 5.51. The fraction of sp³-hybridized carbons (Fsp3) is 0.323. The Labute approximate surface area is 225 Å². The molecule has 0 heterocycles. The molecule has 0 atom stereocenters. The highest BCUT2D eigenvalue weighted by Gasteiger charge is 2.19. The highest BCUT2D eigenvalue weighted by Crippen LogP contribution is 2.35. The van der Waals surface area contributed by atoms with E-state index >= 15 is 0 Å². The molecule has 4 rings (SSSR count). The van der Waals surface area contributed by atoms with Gasteiger partial charge in [-0.2, -0.15) is 0 Å². The van der Waals surface area contributed by atoms with Gasteiger partial charge in [-0.1, -0.05) is 47.5 Å². The number of Topliss-reactive ketones (excluding diaryl/α,β-unsaturated/α-hetero) is 1. The van der Waals surface area contributed by atoms with Crippen molar-refractivity contribution in [3.05, 3.63) is 104 Å². The maximum absolute atomic E-state index is 13.0. The SMILES string of the molecule is CN(C)C1=C(c2ccc(Cl)cc2CCC(=O)CCc2cc(Cl)ccc2C2=C(N(C)C)C=CC2)CC=C1. The minimum absolute atomic E-state index is 0.254. The molecule has 0 bridgehead atoms. The molecule has 2 aliphatic rings. The van der Waals surface area contributed by atoms with Crippen LogP contribution in [0.2, 0.25) is 10.0 Å². The van der Waals surface area contributed by atoms with E-state index in [9.17, 15) is 4.79 Å². The van der Waals surface area contributed by atoms with E-state index in [0.29, 0.717) is 35.7 Å². The van der Waals surface area contributed by atoms with E-state index < -0.39 is 0 Å². The first-order valence-electron chi connectivity index (χ1n) is 12.5. The quantitative estimate of drug-likeness (QED) is 0.322. The van der Waals surface area contributed by atoms with Gasteiger partial charge in [0.15, 0.2) is 0 Å². The number of carbonyl (C=O) groups excluding carboxylic acids is 1. The van der Waals surface area contributed by atoms with Crippen molar-refractivity contribution in [3.63, 3.8) is 0 Å². The summed E-state index contributed by atoms with van der Waals surface area (Å²) < 4.78 is 0. The van der Waals surface area contributed by atoms with Gasteiger partial charge in [-0.25, -0.2) is 0 Å². The van der Waals surface area contributed by atoms with Gasteiger partial charge in [-0.15, -0.1) is 0 Å². The number of allylic oxidation sites excluding steroid dienone is 6. The molecule has 5 heteroatoms. The molecule has 0 aromatic heterocycles. The van der Waals surface area contributed by atoms with Crippen LogP contribution >= 0.6 is 23.2 Å². The molecule has 2 aromatic carbocycles. The predicted octanol–water partition coefficient (Wildman–Crippen LogP) is 7.59. The van der Waals surface area contributed by atoms with Crippen LogP contribution in [0.3, 0.4) is 0 Å². The number of hydrogen-bond acceptors (Lipinski definition) is 3. The van der Waals surface area contributed by atoms with Crippen LogP contribution in [-0.4, -0.2) is 43.8 Å². The lowest BCUT2D eigenvalue weighted by Gasteiger charge is -2.19. The summed E-state index contributed by atoms with van der Waals surface area (Å²) in [5.41, 5.74) is 9.66. The lowest BCUT2D eigenvalue weighted by molar-refractivity contribution is -0.119. The molecule has 36 heavy (non-hydrogen) atoms. The van der Waals surface area contributed by atoms with Gasteiger partial charge in [0.2, 0.25) is 0 Å². The van der Waals surface area contributed by atoms with Gasteiger partial charge in [0, 0.05) is 62.5 Å². The number of rotatable bonds is 10. The van der Waals surface area contributed by atoms with Gasteiger partial charge in [-0.05, 0) is 95.5 Å². The van der Waals surface area contributed by atoms with Gasteiger partial charge in [-0.3, -0.25) is 4.79 Å². The van der Waals surface area contributed by atoms with Crippen molar-refractivity contribution in [1.29, 1.82) is 0 Å². The average molecular weight is 522 g/mol. The maximum Gasteiger partial charge on any atom is 0.133 e. The molecular formula is C31H34Cl2N2O. The topological polar surface area (TPSA) is 23.6 Å². The van der Waals surface area contributed by atoms with Gasteiger partial charge in [0.05, 0.1) is 0 Å². The van der Waals surface area contributed by atoms with Crippen molar-refractivity contribution < 1.29 is 4.79 Å². The number of aryl methyl sites for hydroxylation is 2. The molecule has 2 aromatic rings. The van der Waals surface area contributed by atoms with Crippen LogP contribution in [0.25, 0.3) is 11.1 Å². The van der Waals surface area contributed by atoms with Crippen LogP contribution in [0.15, 0.2) is 72.1 Å². The molecule has 2 aliphatic carbocycles. The first kappa shape index (κ1) is 26.3. The summed E-state index contributed by atoms with van der Waals surface area (Å²) >= 11 is 12.7. The Morgan fingerprint density at radius 2 is 1.14 bits per heavy atom. The first-order chi connectivity index (χ1) is 17.2. The summed E-state index contributed by atoms with van der Waals surface area (Å²) in [6, 6.07) is 12.1. The third-order valence-corrected chi connectivity index (χ3v) is 7.38. The Kier molecular flexibility index (Phi) is 8.43. The van der Waals surface area contributed by atoms with Crippen molar-refractivity contribution in [2.24, 2.45) is 0 Å². The number of hydrogen-bond donors (Lipinski definition) is 0. The van der Waals surface area contributed by atoms with Crippen LogP contribution in [0, 0.1) is 0 Å². The summed E-state index contributed by atoms with van der Waals surface area (Å²) in [6.45, 7) is 0. The number of benzene rings is 2. The molecule has 0 amide bonds. The van der Waals surface area contributed by atoms with E-state index in [1.54, 1.807) is 0 Å². The van der Waals surface area contributed by atoms with Crippen LogP contribution in [0.1, 0.15) is 47.9 Å². The Morgan fingerprint density at radius 3 is 1.53 bits per heavy atom. The summed E-state index contributed by atoms with van der Waals surface area (Å²) in [5, 5.41) is 1.41. The normalized spacial score (nSPS) is 14.8. The zero-order valence-corrected chi connectivity index (χ0v) is 23.1. The molecule has 0 radical (unpaired) electrons. The Bertz CT molecular complexity index is 1180. The molecule has 3 nitrogen and oxygen atoms in total. The fourth-order valence-electron chi connectivity index (χ4n) is 5.12. The standard InChI is InChI=1S/C31H34Cl2N2O/c1-34(2)30-9-5-7-28(30)26-17-13-23(32)19-21(26)11-15-25(36)16-12-22-20-24(33)14-18-27(22)29-8-6-10-31(29)35(3)4/h5-6,9-10,13-14,17-20H,7-8,11-12,15-16H2,1-4H3. The van der Waals surface area contributed by atoms with Gasteiger partial charge < -0.3 is 9.80 Å². The van der Waals surface area contributed by atoms with E-state index in [2.05, 4.69) is 74.4 Å². The highest BCUT2D eigenvalue weighted by atomic mass is 35.5. The molecule has 0 saturated heterocycles. The predicted molar refractivity (Wildman–Crippen MR) is 153 cm³/mol. The zero-order valence-electron chi connectivity index (χ0n) is 21.6. The number of ketones is 1. The molecule has 0 saturated carbocycles. The largest absolute Gasteiger partial charge is 0.377 e. The van der Waals surface area contributed by atoms with Crippen molar-refractivity contribution in [2.75, 3.05) is 28.2 Å². The monoisotopic (exact) mass is 520 g/mol. The van der Waals surface area contributed by atoms with Crippen molar-refractivity contribution in [3.8, 4) is 0 Å². The summed E-state index contributed by atoms with van der Waals surface area (Å²) in [4.78, 5) is 17.3. The summed E-state index contributed by atoms with van der Waals surface area (Å²) in [5.74, 6) is 0.254. The van der Waals surface area contributed by atoms with Crippen molar-refractivity contribution in [2.45, 2.75) is 38.5 Å². The van der Waals surface area contributed by atoms with Crippen LogP contribution in [-0.2, 0) is 17.6 Å². The number of carbonyl (C=O) groups is 1. The van der Waals surface area contributed by atoms with Crippen LogP contribution in [0.4, 0.5) is 0 Å². The van der Waals surface area contributed by atoms with E-state index in [1.807, 2.05) is 24.3 Å². The molecule has 0 fully saturated rings. The van der Waals surface area contributed by atoms with E-state index in [4.69, 9.17) is 23.2 Å². The van der Waals surface area contributed by atoms with Crippen molar-refractivity contribution in [1.82, 2.24) is 9.80 Å². The Morgan fingerprint density at radius 1 is 0.722 bits per heavy atom. The second-order valence-electron chi connectivity index (χ2n) is 9.87. The van der Waals surface area contributed by atoms with E-state index in [0.717, 1.165) is 24.0 Å². The molecule has 0 aliphatic heterocycles. The van der Waals surface area contributed by atoms with E-state index in [1.165, 1.54) is 33.7 Å². The minimum Gasteiger partial charge on any atom is -0.377 e. The number of nitrogens with zero attached hydrogens (tertiary/aromatic N) is 2. The highest BCUT2D eigenvalue weighted by molar-refractivity contribution is 6.31. The molecule has 188 valence electrons. The van der Waals surface area contributed by atoms with E-state index in [-0.39, 0.29) is 5.78 Å². The van der Waals surface area contributed by atoms with Crippen LogP contribution in [0.5, 0.6) is 0 Å². The lowest BCUT2D eigenvalue weighted by atomic mass is 9.92. The third kappa shape index (κ3) is 5.96. The zero-order chi connectivity index (χ0) is 25.8. The average Bonchev–Trinajstić information content (AvgIpc) is 3.52. The third-order valence-electron chi connectivity index (χ3n) is 6.91. The van der Waals surface area contributed by atoms with Crippen molar-refractivity contribution >= 4 is 40.1 Å². The number of halogens is 2. The molecule has 0 unspecified atom stereocenters. The number of likely N-dealkylation sites (N-methyl/N-ethyl adjacent to an activating group) is 2. The molecule has 0 N–H and O–H groups in total. The molecule has 0 spiro atoms. The van der Waals surface area contributed by atoms with Gasteiger partial charge >= 0.3 is 0 Å². The van der Waals surface area contributed by atoms with Gasteiger partial charge in [0.25, 0.3) is 0 Å².